The van der Waals surface area contributed by atoms with E-state index in [1.54, 1.807) is 0 Å². The number of hydrogen-bond donors (Lipinski definition) is 5. The van der Waals surface area contributed by atoms with Crippen LogP contribution < -0.4 is 0 Å². The molecule has 0 saturated carbocycles. The molecule has 0 aromatic heterocycles. The van der Waals surface area contributed by atoms with E-state index in [0.717, 1.165) is 0 Å². The molecule has 1 heterocycles. The van der Waals surface area contributed by atoms with E-state index in [-0.39, 0.29) is 0 Å². The van der Waals surface area contributed by atoms with Gasteiger partial charge in [0.15, 0.2) is 6.10 Å². The number of rotatable bonds is 6. The summed E-state index contributed by atoms with van der Waals surface area (Å²) in [6.07, 6.45) is -12.6. The van der Waals surface area contributed by atoms with E-state index in [1.807, 2.05) is 0 Å². The van der Waals surface area contributed by atoms with E-state index in [4.69, 9.17) is 5.11 Å². The highest BCUT2D eigenvalue weighted by Crippen LogP contribution is 2.55. The van der Waals surface area contributed by atoms with Crippen molar-refractivity contribution in [3.63, 3.8) is 0 Å². The van der Waals surface area contributed by atoms with Gasteiger partial charge in [-0.3, -0.25) is 0 Å². The van der Waals surface area contributed by atoms with Gasteiger partial charge in [-0.1, -0.05) is 0 Å². The summed E-state index contributed by atoms with van der Waals surface area (Å²) in [6.45, 7) is -1.59. The molecule has 0 amide bonds. The molecule has 1 rings (SSSR count). The van der Waals surface area contributed by atoms with Crippen LogP contribution in [0.25, 0.3) is 0 Å². The number of ether oxygens (including phenoxy) is 1. The van der Waals surface area contributed by atoms with Crippen molar-refractivity contribution in [3.8, 4) is 0 Å². The van der Waals surface area contributed by atoms with E-state index < -0.39 is 60.0 Å². The molecule has 5 N–H and O–H groups in total. The second kappa shape index (κ2) is 6.28. The Morgan fingerprint density at radius 2 is 1.44 bits per heavy atom. The normalized spacial score (nSPS) is 33.6. The zero-order chi connectivity index (χ0) is 20.2. The molecular weight excluding hydrogens is 404 g/mol. The summed E-state index contributed by atoms with van der Waals surface area (Å²) >= 11 is 3.73. The standard InChI is InChI=1S/C10H11ClF8O6/c11-10(18,19)9(16,17)8(14,15)7(12,13)5(23)3-2(21)4(22)6(24,1-20)25-3/h2-5,20-24H,1H2/t2-,3+,4+,5-,6-/m1/s1. The number of alkyl halides is 9. The highest BCUT2D eigenvalue weighted by Gasteiger charge is 2.83. The molecule has 0 aliphatic carbocycles. The largest absolute Gasteiger partial charge is 0.392 e. The van der Waals surface area contributed by atoms with Gasteiger partial charge in [-0.15, -0.1) is 0 Å². The van der Waals surface area contributed by atoms with Crippen molar-refractivity contribution in [2.45, 2.75) is 53.4 Å². The summed E-state index contributed by atoms with van der Waals surface area (Å²) in [4.78, 5) is 0. The van der Waals surface area contributed by atoms with Crippen molar-refractivity contribution >= 4 is 11.6 Å². The summed E-state index contributed by atoms with van der Waals surface area (Å²) in [5, 5.41) is 39.8. The van der Waals surface area contributed by atoms with Crippen LogP contribution in [0.1, 0.15) is 0 Å². The topological polar surface area (TPSA) is 110 Å². The van der Waals surface area contributed by atoms with Crippen LogP contribution in [-0.4, -0.2) is 85.5 Å². The number of halogens is 9. The van der Waals surface area contributed by atoms with E-state index in [2.05, 4.69) is 16.3 Å². The van der Waals surface area contributed by atoms with Crippen LogP contribution in [-0.2, 0) is 4.74 Å². The van der Waals surface area contributed by atoms with Gasteiger partial charge in [-0.05, 0) is 11.6 Å². The van der Waals surface area contributed by atoms with Crippen LogP contribution in [0.4, 0.5) is 35.1 Å². The van der Waals surface area contributed by atoms with Gasteiger partial charge in [0.2, 0.25) is 5.79 Å². The molecule has 6 nitrogen and oxygen atoms in total. The lowest BCUT2D eigenvalue weighted by Crippen LogP contribution is -2.66. The highest BCUT2D eigenvalue weighted by molar-refractivity contribution is 6.22. The lowest BCUT2D eigenvalue weighted by Gasteiger charge is -2.38. The Kier molecular flexibility index (Phi) is 5.66. The van der Waals surface area contributed by atoms with Crippen LogP contribution in [0, 0.1) is 0 Å². The zero-order valence-corrected chi connectivity index (χ0v) is 12.3. The lowest BCUT2D eigenvalue weighted by atomic mass is 9.93. The first-order valence-corrected chi connectivity index (χ1v) is 6.51. The van der Waals surface area contributed by atoms with Crippen molar-refractivity contribution in [1.82, 2.24) is 0 Å². The second-order valence-corrected chi connectivity index (χ2v) is 5.71. The Balaban J connectivity index is 3.26. The first kappa shape index (κ1) is 22.5. The molecule has 25 heavy (non-hydrogen) atoms. The quantitative estimate of drug-likeness (QED) is 0.306. The minimum atomic E-state index is -6.96. The van der Waals surface area contributed by atoms with Crippen molar-refractivity contribution in [3.05, 3.63) is 0 Å². The zero-order valence-electron chi connectivity index (χ0n) is 11.6. The first-order valence-electron chi connectivity index (χ1n) is 6.14. The Labute approximate surface area is 138 Å². The maximum absolute atomic E-state index is 13.6. The first-order chi connectivity index (χ1) is 10.9. The predicted octanol–water partition coefficient (Wildman–Crippen LogP) is -0.114. The third-order valence-corrected chi connectivity index (χ3v) is 3.78. The van der Waals surface area contributed by atoms with E-state index in [0.29, 0.717) is 0 Å². The van der Waals surface area contributed by atoms with Gasteiger partial charge in [0.05, 0.1) is 6.61 Å². The minimum absolute atomic E-state index is 1.59. The highest BCUT2D eigenvalue weighted by atomic mass is 35.5. The Morgan fingerprint density at radius 1 is 1.00 bits per heavy atom. The molecule has 5 atom stereocenters. The smallest absolute Gasteiger partial charge is 0.391 e. The number of aliphatic hydroxyl groups is 5. The molecule has 0 radical (unpaired) electrons. The van der Waals surface area contributed by atoms with E-state index in [9.17, 15) is 55.5 Å². The summed E-state index contributed by atoms with van der Waals surface area (Å²) < 4.78 is 109. The Hall–Kier alpha value is -0.510. The monoisotopic (exact) mass is 414 g/mol. The molecule has 1 saturated heterocycles. The maximum Gasteiger partial charge on any atom is 0.392 e. The van der Waals surface area contributed by atoms with Gasteiger partial charge < -0.3 is 30.3 Å². The van der Waals surface area contributed by atoms with E-state index in [1.165, 1.54) is 0 Å². The van der Waals surface area contributed by atoms with Gasteiger partial charge in [0.25, 0.3) is 0 Å². The van der Waals surface area contributed by atoms with Crippen LogP contribution >= 0.6 is 11.6 Å². The maximum atomic E-state index is 13.6. The van der Waals surface area contributed by atoms with Crippen molar-refractivity contribution < 1.29 is 65.4 Å². The minimum Gasteiger partial charge on any atom is -0.391 e. The molecular formula is C10H11ClF8O6. The van der Waals surface area contributed by atoms with Gasteiger partial charge in [0, 0.05) is 0 Å². The molecule has 0 unspecified atom stereocenters. The van der Waals surface area contributed by atoms with Crippen LogP contribution in [0.3, 0.4) is 0 Å². The van der Waals surface area contributed by atoms with Crippen molar-refractivity contribution in [1.29, 1.82) is 0 Å². The lowest BCUT2D eigenvalue weighted by molar-refractivity contribution is -0.374. The average Bonchev–Trinajstić information content (AvgIpc) is 2.70. The summed E-state index contributed by atoms with van der Waals surface area (Å²) in [7, 11) is 0. The summed E-state index contributed by atoms with van der Waals surface area (Å²) in [5.74, 6) is -23.4. The predicted molar refractivity (Wildman–Crippen MR) is 60.6 cm³/mol. The van der Waals surface area contributed by atoms with Gasteiger partial charge >= 0.3 is 23.1 Å². The SMILES string of the molecule is OC[C@@]1(O)O[C@H]([C@@H](O)C(F)(F)C(F)(F)C(F)(F)C(F)(F)Cl)[C@@H](O)[C@@H]1O. The fraction of sp³-hybridized carbons (Fsp3) is 1.00. The Morgan fingerprint density at radius 3 is 1.76 bits per heavy atom. The second-order valence-electron chi connectivity index (χ2n) is 5.24. The molecule has 0 aromatic carbocycles. The molecule has 0 bridgehead atoms. The molecule has 0 spiro atoms. The Bertz CT molecular complexity index is 502. The molecule has 1 aliphatic rings. The average molecular weight is 415 g/mol. The number of aliphatic hydroxyl groups excluding tert-OH is 4. The third kappa shape index (κ3) is 3.17. The van der Waals surface area contributed by atoms with Crippen LogP contribution in [0.15, 0.2) is 0 Å². The molecule has 1 fully saturated rings. The van der Waals surface area contributed by atoms with Crippen molar-refractivity contribution in [2.24, 2.45) is 0 Å². The van der Waals surface area contributed by atoms with Crippen molar-refractivity contribution in [2.75, 3.05) is 6.61 Å². The molecule has 1 aliphatic heterocycles. The van der Waals surface area contributed by atoms with Crippen LogP contribution in [0.2, 0.25) is 0 Å². The fourth-order valence-electron chi connectivity index (χ4n) is 1.98. The molecule has 0 aromatic rings. The number of hydrogen-bond acceptors (Lipinski definition) is 6. The summed E-state index contributed by atoms with van der Waals surface area (Å²) in [6, 6.07) is 0. The summed E-state index contributed by atoms with van der Waals surface area (Å²) in [5.41, 5.74) is 0. The third-order valence-electron chi connectivity index (χ3n) is 3.54. The van der Waals surface area contributed by atoms with Gasteiger partial charge in [-0.2, -0.15) is 35.1 Å². The molecule has 150 valence electrons. The fourth-order valence-corrected chi connectivity index (χ4v) is 2.10. The van der Waals surface area contributed by atoms with Gasteiger partial charge in [-0.25, -0.2) is 0 Å². The van der Waals surface area contributed by atoms with Crippen LogP contribution in [0.5, 0.6) is 0 Å². The van der Waals surface area contributed by atoms with Gasteiger partial charge in [0.1, 0.15) is 18.3 Å². The van der Waals surface area contributed by atoms with E-state index >= 15 is 0 Å². The molecule has 15 heteroatoms.